The second-order valence-corrected chi connectivity index (χ2v) is 5.43. The molecule has 0 spiro atoms. The highest BCUT2D eigenvalue weighted by atomic mass is 19.4. The van der Waals surface area contributed by atoms with Crippen molar-refractivity contribution in [2.45, 2.75) is 44.4 Å². The number of rotatable bonds is 2. The molecule has 0 aliphatic carbocycles. The third-order valence-corrected chi connectivity index (χ3v) is 4.00. The summed E-state index contributed by atoms with van der Waals surface area (Å²) in [7, 11) is 0. The Balaban J connectivity index is 2.39. The lowest BCUT2D eigenvalue weighted by molar-refractivity contribution is -0.138. The van der Waals surface area contributed by atoms with Crippen LogP contribution in [-0.4, -0.2) is 29.4 Å². The molecule has 116 valence electrons. The van der Waals surface area contributed by atoms with Crippen LogP contribution in [0.15, 0.2) is 24.3 Å². The molecule has 0 aromatic heterocycles. The van der Waals surface area contributed by atoms with Gasteiger partial charge >= 0.3 is 6.18 Å². The molecule has 21 heavy (non-hydrogen) atoms. The maximum Gasteiger partial charge on any atom is 0.417 e. The Kier molecular flexibility index (Phi) is 4.56. The molecule has 1 amide bonds. The minimum absolute atomic E-state index is 0.0962. The number of alkyl halides is 3. The van der Waals surface area contributed by atoms with Gasteiger partial charge in [-0.05, 0) is 38.3 Å². The fourth-order valence-electron chi connectivity index (χ4n) is 2.94. The number of amides is 1. The van der Waals surface area contributed by atoms with Crippen molar-refractivity contribution in [3.63, 3.8) is 0 Å². The van der Waals surface area contributed by atoms with E-state index < -0.39 is 17.6 Å². The van der Waals surface area contributed by atoms with Crippen molar-refractivity contribution in [1.29, 1.82) is 0 Å². The van der Waals surface area contributed by atoms with E-state index in [1.807, 2.05) is 6.92 Å². The quantitative estimate of drug-likeness (QED) is 0.912. The fraction of sp³-hybridized carbons (Fsp3) is 0.533. The van der Waals surface area contributed by atoms with Gasteiger partial charge in [0, 0.05) is 18.6 Å². The first-order chi connectivity index (χ1) is 9.86. The Morgan fingerprint density at radius 1 is 1.33 bits per heavy atom. The molecule has 2 unspecified atom stereocenters. The number of carbonyl (C=O) groups is 1. The summed E-state index contributed by atoms with van der Waals surface area (Å²) in [5.41, 5.74) is 4.50. The number of benzene rings is 1. The average Bonchev–Trinajstić information content (AvgIpc) is 2.45. The highest BCUT2D eigenvalue weighted by Gasteiger charge is 2.38. The Labute approximate surface area is 121 Å². The Morgan fingerprint density at radius 2 is 2.00 bits per heavy atom. The predicted molar refractivity (Wildman–Crippen MR) is 73.8 cm³/mol. The van der Waals surface area contributed by atoms with Crippen molar-refractivity contribution >= 4 is 5.91 Å². The van der Waals surface area contributed by atoms with Crippen LogP contribution in [0.25, 0.3) is 0 Å². The molecule has 6 heteroatoms. The van der Waals surface area contributed by atoms with Crippen LogP contribution in [-0.2, 0) is 6.18 Å². The molecule has 0 saturated carbocycles. The van der Waals surface area contributed by atoms with Crippen LogP contribution < -0.4 is 5.73 Å². The number of hydrogen-bond acceptors (Lipinski definition) is 2. The van der Waals surface area contributed by atoms with Gasteiger partial charge in [-0.15, -0.1) is 0 Å². The molecule has 1 aliphatic rings. The van der Waals surface area contributed by atoms with Gasteiger partial charge in [-0.1, -0.05) is 12.1 Å². The van der Waals surface area contributed by atoms with E-state index in [0.29, 0.717) is 0 Å². The van der Waals surface area contributed by atoms with Gasteiger partial charge in [-0.2, -0.15) is 13.2 Å². The van der Waals surface area contributed by atoms with E-state index in [4.69, 9.17) is 5.73 Å². The number of nitrogens with zero attached hydrogens (tertiary/aromatic N) is 1. The Bertz CT molecular complexity index is 516. The third kappa shape index (κ3) is 3.20. The average molecular weight is 300 g/mol. The predicted octanol–water partition coefficient (Wildman–Crippen LogP) is 3.05. The maximum atomic E-state index is 13.1. The lowest BCUT2D eigenvalue weighted by atomic mass is 9.94. The molecule has 1 aromatic carbocycles. The first-order valence-electron chi connectivity index (χ1n) is 7.05. The van der Waals surface area contributed by atoms with Gasteiger partial charge in [0.1, 0.15) is 0 Å². The molecule has 0 bridgehead atoms. The molecule has 2 N–H and O–H groups in total. The minimum atomic E-state index is -4.54. The van der Waals surface area contributed by atoms with Crippen molar-refractivity contribution < 1.29 is 18.0 Å². The van der Waals surface area contributed by atoms with Crippen LogP contribution in [0.5, 0.6) is 0 Å². The second kappa shape index (κ2) is 6.05. The van der Waals surface area contributed by atoms with Gasteiger partial charge in [0.2, 0.25) is 0 Å². The van der Waals surface area contributed by atoms with E-state index in [9.17, 15) is 18.0 Å². The summed E-state index contributed by atoms with van der Waals surface area (Å²) < 4.78 is 39.2. The van der Waals surface area contributed by atoms with E-state index in [1.165, 1.54) is 23.1 Å². The number of carbonyl (C=O) groups excluding carboxylic acids is 1. The van der Waals surface area contributed by atoms with Crippen LogP contribution in [0.1, 0.15) is 42.1 Å². The molecule has 2 rings (SSSR count). The SMILES string of the molecule is CC1CCCC(CN)N1C(=O)c1ccccc1C(F)(F)F. The zero-order chi connectivity index (χ0) is 15.6. The largest absolute Gasteiger partial charge is 0.417 e. The number of likely N-dealkylation sites (tertiary alicyclic amines) is 1. The lowest BCUT2D eigenvalue weighted by Gasteiger charge is -2.40. The van der Waals surface area contributed by atoms with Crippen molar-refractivity contribution in [1.82, 2.24) is 4.90 Å². The van der Waals surface area contributed by atoms with Gasteiger partial charge < -0.3 is 10.6 Å². The van der Waals surface area contributed by atoms with Crippen LogP contribution in [0, 0.1) is 0 Å². The van der Waals surface area contributed by atoms with Crippen molar-refractivity contribution in [2.24, 2.45) is 5.73 Å². The molecule has 3 nitrogen and oxygen atoms in total. The van der Waals surface area contributed by atoms with Crippen molar-refractivity contribution in [3.8, 4) is 0 Å². The summed E-state index contributed by atoms with van der Waals surface area (Å²) in [5.74, 6) is -0.578. The topological polar surface area (TPSA) is 46.3 Å². The summed E-state index contributed by atoms with van der Waals surface area (Å²) in [6, 6.07) is 4.64. The van der Waals surface area contributed by atoms with Crippen LogP contribution in [0.3, 0.4) is 0 Å². The summed E-state index contributed by atoms with van der Waals surface area (Å²) in [6.45, 7) is 2.13. The number of piperidine rings is 1. The fourth-order valence-corrected chi connectivity index (χ4v) is 2.94. The van der Waals surface area contributed by atoms with Gasteiger partial charge in [-0.3, -0.25) is 4.79 Å². The molecular weight excluding hydrogens is 281 g/mol. The normalized spacial score (nSPS) is 23.2. The second-order valence-electron chi connectivity index (χ2n) is 5.43. The zero-order valence-electron chi connectivity index (χ0n) is 11.9. The molecule has 1 fully saturated rings. The minimum Gasteiger partial charge on any atom is -0.332 e. The van der Waals surface area contributed by atoms with E-state index in [1.54, 1.807) is 0 Å². The first-order valence-corrected chi connectivity index (χ1v) is 7.05. The Hall–Kier alpha value is -1.56. The first kappa shape index (κ1) is 15.8. The van der Waals surface area contributed by atoms with Crippen LogP contribution in [0.2, 0.25) is 0 Å². The highest BCUT2D eigenvalue weighted by molar-refractivity contribution is 5.96. The van der Waals surface area contributed by atoms with Crippen molar-refractivity contribution in [3.05, 3.63) is 35.4 Å². The van der Waals surface area contributed by atoms with E-state index in [0.717, 1.165) is 25.3 Å². The van der Waals surface area contributed by atoms with Crippen LogP contribution >= 0.6 is 0 Å². The summed E-state index contributed by atoms with van der Waals surface area (Å²) >= 11 is 0. The summed E-state index contributed by atoms with van der Waals surface area (Å²) in [6.07, 6.45) is -2.07. The van der Waals surface area contributed by atoms with Crippen molar-refractivity contribution in [2.75, 3.05) is 6.54 Å². The lowest BCUT2D eigenvalue weighted by Crippen LogP contribution is -2.52. The monoisotopic (exact) mass is 300 g/mol. The smallest absolute Gasteiger partial charge is 0.332 e. The third-order valence-electron chi connectivity index (χ3n) is 4.00. The molecule has 1 aliphatic heterocycles. The molecule has 1 aromatic rings. The number of halogens is 3. The zero-order valence-corrected chi connectivity index (χ0v) is 11.9. The van der Waals surface area contributed by atoms with Crippen LogP contribution in [0.4, 0.5) is 13.2 Å². The van der Waals surface area contributed by atoms with E-state index in [-0.39, 0.29) is 24.2 Å². The highest BCUT2D eigenvalue weighted by Crippen LogP contribution is 2.34. The van der Waals surface area contributed by atoms with Gasteiger partial charge in [0.25, 0.3) is 5.91 Å². The molecule has 1 saturated heterocycles. The summed E-state index contributed by atoms with van der Waals surface area (Å²) in [5, 5.41) is 0. The molecular formula is C15H19F3N2O. The van der Waals surface area contributed by atoms with Gasteiger partial charge in [0.05, 0.1) is 11.1 Å². The molecule has 1 heterocycles. The standard InChI is InChI=1S/C15H19F3N2O/c1-10-5-4-6-11(9-19)20(10)14(21)12-7-2-3-8-13(12)15(16,17)18/h2-3,7-8,10-11H,4-6,9,19H2,1H3. The summed E-state index contributed by atoms with van der Waals surface area (Å²) in [4.78, 5) is 14.1. The number of nitrogens with two attached hydrogens (primary N) is 1. The van der Waals surface area contributed by atoms with Gasteiger partial charge in [0.15, 0.2) is 0 Å². The molecule has 2 atom stereocenters. The van der Waals surface area contributed by atoms with E-state index in [2.05, 4.69) is 0 Å². The van der Waals surface area contributed by atoms with E-state index >= 15 is 0 Å². The number of hydrogen-bond donors (Lipinski definition) is 1. The van der Waals surface area contributed by atoms with Gasteiger partial charge in [-0.25, -0.2) is 0 Å². The molecule has 0 radical (unpaired) electrons. The Morgan fingerprint density at radius 3 is 2.62 bits per heavy atom. The maximum absolute atomic E-state index is 13.1.